The number of carbonyl (C=O) groups excluding carboxylic acids is 1. The number of aromatic nitrogens is 2. The standard InChI is InChI=1S/C37H37N7O3S/c1-3-26(2)35(41-36(45)19-33-21-39-25-43(33)22-28-13-11-27(20-38)12-14-28)24-42(23-30-9-6-8-29-7-4-5-10-34(29)30)37(48)40-31-15-17-32(18-16-31)44(46)47/h4-18,21,25-26,35H,3,19,22-24H2,1-2H3,(H,40,48)(H,41,45). The number of imidazole rings is 1. The number of nitriles is 1. The quantitative estimate of drug-likeness (QED) is 0.0799. The first-order valence-electron chi connectivity index (χ1n) is 15.8. The van der Waals surface area contributed by atoms with Gasteiger partial charge in [-0.05, 0) is 64.3 Å². The van der Waals surface area contributed by atoms with Crippen LogP contribution in [0, 0.1) is 27.4 Å². The molecule has 0 saturated carbocycles. The fourth-order valence-electron chi connectivity index (χ4n) is 5.56. The van der Waals surface area contributed by atoms with Gasteiger partial charge in [0.25, 0.3) is 5.69 Å². The molecule has 4 aromatic carbocycles. The van der Waals surface area contributed by atoms with E-state index in [1.165, 1.54) is 12.1 Å². The van der Waals surface area contributed by atoms with Gasteiger partial charge in [-0.15, -0.1) is 0 Å². The van der Waals surface area contributed by atoms with Gasteiger partial charge in [-0.25, -0.2) is 4.98 Å². The van der Waals surface area contributed by atoms with Crippen LogP contribution in [0.5, 0.6) is 0 Å². The predicted molar refractivity (Wildman–Crippen MR) is 191 cm³/mol. The molecule has 0 saturated heterocycles. The SMILES string of the molecule is CCC(C)C(CN(Cc1cccc2ccccc12)C(=S)Nc1ccc([N+](=O)[O-])cc1)NC(=O)Cc1cncn1Cc1ccc(C#N)cc1. The van der Waals surface area contributed by atoms with Crippen LogP contribution >= 0.6 is 12.2 Å². The van der Waals surface area contributed by atoms with Crippen molar-refractivity contribution >= 4 is 45.4 Å². The number of hydrogen-bond acceptors (Lipinski definition) is 6. The molecule has 2 atom stereocenters. The molecule has 244 valence electrons. The van der Waals surface area contributed by atoms with Gasteiger partial charge in [0.15, 0.2) is 5.11 Å². The fourth-order valence-corrected chi connectivity index (χ4v) is 5.81. The van der Waals surface area contributed by atoms with Gasteiger partial charge in [-0.3, -0.25) is 14.9 Å². The Labute approximate surface area is 285 Å². The highest BCUT2D eigenvalue weighted by molar-refractivity contribution is 7.80. The van der Waals surface area contributed by atoms with Crippen molar-refractivity contribution in [2.24, 2.45) is 5.92 Å². The minimum atomic E-state index is -0.436. The van der Waals surface area contributed by atoms with Crippen LogP contribution in [0.15, 0.2) is 104 Å². The molecule has 10 nitrogen and oxygen atoms in total. The number of amides is 1. The lowest BCUT2D eigenvalue weighted by Crippen LogP contribution is -2.50. The summed E-state index contributed by atoms with van der Waals surface area (Å²) in [6, 6.07) is 29.8. The van der Waals surface area contributed by atoms with E-state index >= 15 is 0 Å². The number of rotatable bonds is 13. The van der Waals surface area contributed by atoms with Crippen LogP contribution in [0.25, 0.3) is 10.8 Å². The summed E-state index contributed by atoms with van der Waals surface area (Å²) in [5.41, 5.74) is 4.09. The molecule has 0 aliphatic heterocycles. The van der Waals surface area contributed by atoms with Gasteiger partial charge in [-0.1, -0.05) is 74.9 Å². The third kappa shape index (κ3) is 8.60. The van der Waals surface area contributed by atoms with Crippen molar-refractivity contribution in [3.05, 3.63) is 136 Å². The molecule has 5 rings (SSSR count). The van der Waals surface area contributed by atoms with E-state index in [0.29, 0.717) is 36.0 Å². The van der Waals surface area contributed by atoms with Crippen molar-refractivity contribution < 1.29 is 9.72 Å². The summed E-state index contributed by atoms with van der Waals surface area (Å²) in [5, 5.41) is 29.5. The molecule has 0 fully saturated rings. The zero-order chi connectivity index (χ0) is 34.0. The summed E-state index contributed by atoms with van der Waals surface area (Å²) < 4.78 is 1.94. The summed E-state index contributed by atoms with van der Waals surface area (Å²) in [4.78, 5) is 30.7. The molecule has 1 heterocycles. The lowest BCUT2D eigenvalue weighted by Gasteiger charge is -2.33. The smallest absolute Gasteiger partial charge is 0.269 e. The molecule has 2 unspecified atom stereocenters. The Bertz CT molecular complexity index is 1930. The van der Waals surface area contributed by atoms with Crippen LogP contribution < -0.4 is 10.6 Å². The second-order valence-electron chi connectivity index (χ2n) is 11.8. The maximum absolute atomic E-state index is 13.6. The first kappa shape index (κ1) is 33.8. The molecule has 2 N–H and O–H groups in total. The number of carbonyl (C=O) groups is 1. The van der Waals surface area contributed by atoms with E-state index in [0.717, 1.165) is 34.0 Å². The van der Waals surface area contributed by atoms with Crippen LogP contribution in [0.4, 0.5) is 11.4 Å². The highest BCUT2D eigenvalue weighted by Crippen LogP contribution is 2.23. The Morgan fingerprint density at radius 3 is 2.50 bits per heavy atom. The highest BCUT2D eigenvalue weighted by Gasteiger charge is 2.24. The summed E-state index contributed by atoms with van der Waals surface area (Å²) >= 11 is 5.95. The predicted octanol–water partition coefficient (Wildman–Crippen LogP) is 6.84. The number of nitrogens with zero attached hydrogens (tertiary/aromatic N) is 5. The number of hydrogen-bond donors (Lipinski definition) is 2. The van der Waals surface area contributed by atoms with E-state index in [2.05, 4.69) is 59.8 Å². The molecule has 48 heavy (non-hydrogen) atoms. The number of non-ortho nitro benzene ring substituents is 1. The van der Waals surface area contributed by atoms with Gasteiger partial charge in [0, 0.05) is 55.4 Å². The van der Waals surface area contributed by atoms with Crippen molar-refractivity contribution in [1.29, 1.82) is 5.26 Å². The Morgan fingerprint density at radius 2 is 1.79 bits per heavy atom. The van der Waals surface area contributed by atoms with E-state index in [9.17, 15) is 14.9 Å². The molecule has 5 aromatic rings. The van der Waals surface area contributed by atoms with Gasteiger partial charge in [-0.2, -0.15) is 5.26 Å². The number of nitrogens with one attached hydrogen (secondary N) is 2. The number of nitro benzene ring substituents is 1. The van der Waals surface area contributed by atoms with Crippen LogP contribution in [-0.4, -0.2) is 43.0 Å². The zero-order valence-electron chi connectivity index (χ0n) is 26.9. The van der Waals surface area contributed by atoms with Crippen LogP contribution in [0.1, 0.15) is 42.7 Å². The molecule has 1 aromatic heterocycles. The Morgan fingerprint density at radius 1 is 1.06 bits per heavy atom. The van der Waals surface area contributed by atoms with Crippen LogP contribution in [0.2, 0.25) is 0 Å². The monoisotopic (exact) mass is 659 g/mol. The minimum absolute atomic E-state index is 0.00290. The number of anilines is 1. The second kappa shape index (κ2) is 15.8. The van der Waals surface area contributed by atoms with Gasteiger partial charge < -0.3 is 20.1 Å². The first-order valence-corrected chi connectivity index (χ1v) is 16.2. The summed E-state index contributed by atoms with van der Waals surface area (Å²) in [6.07, 6.45) is 4.41. The van der Waals surface area contributed by atoms with Gasteiger partial charge >= 0.3 is 0 Å². The van der Waals surface area contributed by atoms with Crippen molar-refractivity contribution in [2.45, 2.75) is 45.8 Å². The third-order valence-corrected chi connectivity index (χ3v) is 8.89. The fraction of sp³-hybridized carbons (Fsp3) is 0.243. The first-order chi connectivity index (χ1) is 23.2. The van der Waals surface area contributed by atoms with Gasteiger partial charge in [0.1, 0.15) is 0 Å². The average Bonchev–Trinajstić information content (AvgIpc) is 3.53. The molecule has 0 spiro atoms. The molecule has 0 aliphatic rings. The highest BCUT2D eigenvalue weighted by atomic mass is 32.1. The Kier molecular flexibility index (Phi) is 11.1. The average molecular weight is 660 g/mol. The third-order valence-electron chi connectivity index (χ3n) is 8.53. The van der Waals surface area contributed by atoms with Crippen molar-refractivity contribution in [3.8, 4) is 6.07 Å². The topological polar surface area (TPSA) is 129 Å². The molecule has 0 radical (unpaired) electrons. The van der Waals surface area contributed by atoms with E-state index in [1.807, 2.05) is 39.8 Å². The number of fused-ring (bicyclic) bond motifs is 1. The van der Waals surface area contributed by atoms with E-state index in [4.69, 9.17) is 17.5 Å². The number of thiocarbonyl (C=S) groups is 1. The molecule has 1 amide bonds. The minimum Gasteiger partial charge on any atom is -0.351 e. The van der Waals surface area contributed by atoms with Crippen molar-refractivity contribution in [3.63, 3.8) is 0 Å². The van der Waals surface area contributed by atoms with Gasteiger partial charge in [0.05, 0.1) is 29.3 Å². The second-order valence-corrected chi connectivity index (χ2v) is 12.2. The number of nitro groups is 1. The lowest BCUT2D eigenvalue weighted by atomic mass is 9.97. The molecular weight excluding hydrogens is 623 g/mol. The van der Waals surface area contributed by atoms with E-state index in [1.54, 1.807) is 36.8 Å². The number of benzene rings is 4. The largest absolute Gasteiger partial charge is 0.351 e. The summed E-state index contributed by atoms with van der Waals surface area (Å²) in [7, 11) is 0. The molecule has 0 aliphatic carbocycles. The zero-order valence-corrected chi connectivity index (χ0v) is 27.7. The summed E-state index contributed by atoms with van der Waals surface area (Å²) in [6.45, 7) is 5.67. The maximum atomic E-state index is 13.6. The van der Waals surface area contributed by atoms with Gasteiger partial charge in [0.2, 0.25) is 5.91 Å². The van der Waals surface area contributed by atoms with Crippen molar-refractivity contribution in [2.75, 3.05) is 11.9 Å². The van der Waals surface area contributed by atoms with Crippen LogP contribution in [0.3, 0.4) is 0 Å². The normalized spacial score (nSPS) is 12.1. The molecular formula is C37H37N7O3S. The van der Waals surface area contributed by atoms with Crippen molar-refractivity contribution in [1.82, 2.24) is 19.8 Å². The maximum Gasteiger partial charge on any atom is 0.269 e. The Hall–Kier alpha value is -5.60. The summed E-state index contributed by atoms with van der Waals surface area (Å²) in [5.74, 6) is 0.0101. The van der Waals surface area contributed by atoms with Crippen LogP contribution in [-0.2, 0) is 24.3 Å². The Balaban J connectivity index is 1.35. The molecule has 0 bridgehead atoms. The van der Waals surface area contributed by atoms with E-state index in [-0.39, 0.29) is 30.0 Å². The van der Waals surface area contributed by atoms with E-state index < -0.39 is 4.92 Å². The molecule has 11 heteroatoms. The lowest BCUT2D eigenvalue weighted by molar-refractivity contribution is -0.384.